The topological polar surface area (TPSA) is 34.1 Å². The molecular formula is C7H6ClO2S. The van der Waals surface area contributed by atoms with E-state index < -0.39 is 9.84 Å². The van der Waals surface area contributed by atoms with Crippen molar-refractivity contribution in [3.63, 3.8) is 0 Å². The zero-order valence-electron chi connectivity index (χ0n) is 5.83. The second-order valence-electron chi connectivity index (χ2n) is 2.14. The molecule has 0 unspecified atom stereocenters. The molecule has 11 heavy (non-hydrogen) atoms. The fourth-order valence-electron chi connectivity index (χ4n) is 0.637. The van der Waals surface area contributed by atoms with E-state index in [2.05, 4.69) is 6.07 Å². The normalized spacial score (nSPS) is 11.5. The van der Waals surface area contributed by atoms with E-state index >= 15 is 0 Å². The molecule has 2 nitrogen and oxygen atoms in total. The first-order valence-electron chi connectivity index (χ1n) is 2.88. The fraction of sp³-hybridized carbons (Fsp3) is 0.143. The van der Waals surface area contributed by atoms with Crippen LogP contribution < -0.4 is 0 Å². The third kappa shape index (κ3) is 2.20. The molecule has 1 aromatic carbocycles. The summed E-state index contributed by atoms with van der Waals surface area (Å²) in [6, 6.07) is 7.14. The summed E-state index contributed by atoms with van der Waals surface area (Å²) in [6.45, 7) is 0. The molecule has 4 heteroatoms. The van der Waals surface area contributed by atoms with Gasteiger partial charge in [-0.05, 0) is 12.1 Å². The average Bonchev–Trinajstić information content (AvgIpc) is 1.86. The van der Waals surface area contributed by atoms with Gasteiger partial charge in [-0.3, -0.25) is 0 Å². The van der Waals surface area contributed by atoms with E-state index in [0.717, 1.165) is 6.26 Å². The van der Waals surface area contributed by atoms with Crippen molar-refractivity contribution in [1.29, 1.82) is 0 Å². The van der Waals surface area contributed by atoms with E-state index in [1.807, 2.05) is 0 Å². The molecule has 0 aliphatic carbocycles. The lowest BCUT2D eigenvalue weighted by molar-refractivity contribution is 0.601. The summed E-state index contributed by atoms with van der Waals surface area (Å²) in [4.78, 5) is 0.130. The molecule has 0 N–H and O–H groups in total. The van der Waals surface area contributed by atoms with Crippen molar-refractivity contribution in [1.82, 2.24) is 0 Å². The molecule has 0 saturated carbocycles. The molecule has 0 heterocycles. The monoisotopic (exact) mass is 189 g/mol. The van der Waals surface area contributed by atoms with E-state index in [4.69, 9.17) is 11.6 Å². The van der Waals surface area contributed by atoms with Gasteiger partial charge in [-0.2, -0.15) is 0 Å². The number of sulfone groups is 1. The summed E-state index contributed by atoms with van der Waals surface area (Å²) in [6.07, 6.45) is 1.12. The first kappa shape index (κ1) is 8.56. The van der Waals surface area contributed by atoms with Crippen LogP contribution in [0.15, 0.2) is 23.1 Å². The molecule has 0 saturated heterocycles. The molecule has 0 aromatic heterocycles. The van der Waals surface area contributed by atoms with Crippen molar-refractivity contribution in [3.05, 3.63) is 29.3 Å². The SMILES string of the molecule is CS(=O)(=O)c1[c]c(Cl)ccc1. The van der Waals surface area contributed by atoms with Crippen molar-refractivity contribution < 1.29 is 8.42 Å². The highest BCUT2D eigenvalue weighted by Crippen LogP contribution is 2.13. The minimum Gasteiger partial charge on any atom is -0.224 e. The van der Waals surface area contributed by atoms with Crippen LogP contribution in [0.2, 0.25) is 5.02 Å². The highest BCUT2D eigenvalue weighted by Gasteiger charge is 2.06. The molecule has 0 fully saturated rings. The van der Waals surface area contributed by atoms with Crippen molar-refractivity contribution in [3.8, 4) is 0 Å². The van der Waals surface area contributed by atoms with Crippen LogP contribution in [-0.4, -0.2) is 14.7 Å². The number of hydrogen-bond donors (Lipinski definition) is 0. The van der Waals surface area contributed by atoms with Crippen molar-refractivity contribution in [2.75, 3.05) is 6.26 Å². The third-order valence-electron chi connectivity index (χ3n) is 1.13. The van der Waals surface area contributed by atoms with Crippen LogP contribution in [0.5, 0.6) is 0 Å². The summed E-state index contributed by atoms with van der Waals surface area (Å²) in [7, 11) is -3.17. The quantitative estimate of drug-likeness (QED) is 0.672. The maximum atomic E-state index is 10.9. The van der Waals surface area contributed by atoms with Gasteiger partial charge in [0.1, 0.15) is 0 Å². The Balaban J connectivity index is 3.28. The van der Waals surface area contributed by atoms with Crippen LogP contribution in [0.25, 0.3) is 0 Å². The summed E-state index contributed by atoms with van der Waals surface area (Å²) >= 11 is 5.53. The van der Waals surface area contributed by atoms with Crippen molar-refractivity contribution in [2.45, 2.75) is 4.90 Å². The van der Waals surface area contributed by atoms with Gasteiger partial charge in [0.15, 0.2) is 9.84 Å². The minimum absolute atomic E-state index is 0.130. The number of halogens is 1. The third-order valence-corrected chi connectivity index (χ3v) is 2.39. The molecule has 0 bridgehead atoms. The molecule has 0 amide bonds. The lowest BCUT2D eigenvalue weighted by atomic mass is 10.4. The fourth-order valence-corrected chi connectivity index (χ4v) is 1.49. The van der Waals surface area contributed by atoms with Crippen LogP contribution in [0.4, 0.5) is 0 Å². The zero-order valence-corrected chi connectivity index (χ0v) is 7.41. The van der Waals surface area contributed by atoms with Crippen LogP contribution in [0.3, 0.4) is 0 Å². The Bertz CT molecular complexity index is 356. The Morgan fingerprint density at radius 2 is 2.09 bits per heavy atom. The van der Waals surface area contributed by atoms with Crippen LogP contribution in [0.1, 0.15) is 0 Å². The Kier molecular flexibility index (Phi) is 2.20. The number of benzene rings is 1. The van der Waals surface area contributed by atoms with Crippen LogP contribution in [-0.2, 0) is 9.84 Å². The van der Waals surface area contributed by atoms with E-state index in [-0.39, 0.29) is 4.90 Å². The Morgan fingerprint density at radius 1 is 1.45 bits per heavy atom. The molecule has 1 rings (SSSR count). The van der Waals surface area contributed by atoms with E-state index in [1.165, 1.54) is 6.07 Å². The van der Waals surface area contributed by atoms with Gasteiger partial charge in [-0.25, -0.2) is 8.42 Å². The average molecular weight is 190 g/mol. The highest BCUT2D eigenvalue weighted by atomic mass is 35.5. The lowest BCUT2D eigenvalue weighted by Crippen LogP contribution is -1.96. The lowest BCUT2D eigenvalue weighted by Gasteiger charge is -1.95. The van der Waals surface area contributed by atoms with Gasteiger partial charge in [0.2, 0.25) is 0 Å². The van der Waals surface area contributed by atoms with Gasteiger partial charge in [-0.15, -0.1) is 0 Å². The Hall–Kier alpha value is -0.540. The first-order valence-corrected chi connectivity index (χ1v) is 5.15. The maximum Gasteiger partial charge on any atom is 0.176 e. The molecule has 0 aliphatic rings. The maximum absolute atomic E-state index is 10.9. The van der Waals surface area contributed by atoms with Gasteiger partial charge in [0, 0.05) is 17.3 Å². The first-order chi connectivity index (χ1) is 5.00. The van der Waals surface area contributed by atoms with Crippen molar-refractivity contribution >= 4 is 21.4 Å². The zero-order chi connectivity index (χ0) is 8.48. The molecule has 0 aliphatic heterocycles. The number of rotatable bonds is 1. The standard InChI is InChI=1S/C7H6ClO2S/c1-11(9,10)7-4-2-3-6(8)5-7/h2-4H,1H3. The van der Waals surface area contributed by atoms with Gasteiger partial charge in [0.05, 0.1) is 4.90 Å². The predicted molar refractivity (Wildman–Crippen MR) is 43.4 cm³/mol. The molecular weight excluding hydrogens is 184 g/mol. The van der Waals surface area contributed by atoms with Crippen LogP contribution in [0, 0.1) is 6.07 Å². The van der Waals surface area contributed by atoms with Gasteiger partial charge >= 0.3 is 0 Å². The van der Waals surface area contributed by atoms with E-state index in [9.17, 15) is 8.42 Å². The molecule has 1 radical (unpaired) electrons. The minimum atomic E-state index is -3.17. The summed E-state index contributed by atoms with van der Waals surface area (Å²) < 4.78 is 21.8. The van der Waals surface area contributed by atoms with Gasteiger partial charge in [-0.1, -0.05) is 17.7 Å². The molecule has 59 valence electrons. The number of hydrogen-bond acceptors (Lipinski definition) is 2. The molecule has 1 aromatic rings. The van der Waals surface area contributed by atoms with Crippen molar-refractivity contribution in [2.24, 2.45) is 0 Å². The van der Waals surface area contributed by atoms with E-state index in [0.29, 0.717) is 5.02 Å². The Labute approximate surface area is 70.7 Å². The molecule has 0 atom stereocenters. The van der Waals surface area contributed by atoms with Crippen LogP contribution >= 0.6 is 11.6 Å². The second-order valence-corrected chi connectivity index (χ2v) is 4.53. The molecule has 0 spiro atoms. The summed E-state index contributed by atoms with van der Waals surface area (Å²) in [5, 5.41) is 0.313. The van der Waals surface area contributed by atoms with Gasteiger partial charge < -0.3 is 0 Å². The largest absolute Gasteiger partial charge is 0.224 e. The summed E-state index contributed by atoms with van der Waals surface area (Å²) in [5.41, 5.74) is 0. The highest BCUT2D eigenvalue weighted by molar-refractivity contribution is 7.90. The smallest absolute Gasteiger partial charge is 0.176 e. The second kappa shape index (κ2) is 2.83. The Morgan fingerprint density at radius 3 is 2.45 bits per heavy atom. The predicted octanol–water partition coefficient (Wildman–Crippen LogP) is 1.54. The summed E-state index contributed by atoms with van der Waals surface area (Å²) in [5.74, 6) is 0. The van der Waals surface area contributed by atoms with E-state index in [1.54, 1.807) is 12.1 Å². The van der Waals surface area contributed by atoms with Gasteiger partial charge in [0.25, 0.3) is 0 Å².